The molecule has 0 saturated heterocycles. The van der Waals surface area contributed by atoms with Gasteiger partial charge in [-0.15, -0.1) is 0 Å². The lowest BCUT2D eigenvalue weighted by Gasteiger charge is -2.12. The van der Waals surface area contributed by atoms with Crippen molar-refractivity contribution in [3.63, 3.8) is 0 Å². The summed E-state index contributed by atoms with van der Waals surface area (Å²) in [4.78, 5) is 0.362. The molecule has 0 saturated carbocycles. The average molecular weight is 324 g/mol. The zero-order chi connectivity index (χ0) is 15.3. The third kappa shape index (κ3) is 4.22. The van der Waals surface area contributed by atoms with Crippen LogP contribution in [0.1, 0.15) is 18.9 Å². The Balaban J connectivity index is 2.19. The summed E-state index contributed by atoms with van der Waals surface area (Å²) < 4.78 is 24.5. The molecule has 0 heterocycles. The van der Waals surface area contributed by atoms with Crippen LogP contribution >= 0.6 is 11.6 Å². The number of nitrogens with one attached hydrogen (secondary N) is 1. The second kappa shape index (κ2) is 6.96. The van der Waals surface area contributed by atoms with Gasteiger partial charge in [-0.1, -0.05) is 42.8 Å². The zero-order valence-corrected chi connectivity index (χ0v) is 13.4. The maximum absolute atomic E-state index is 12.3. The van der Waals surface area contributed by atoms with Gasteiger partial charge in [-0.05, 0) is 36.2 Å². The van der Waals surface area contributed by atoms with E-state index in [0.717, 1.165) is 5.56 Å². The van der Waals surface area contributed by atoms with Crippen molar-refractivity contribution in [2.75, 3.05) is 11.1 Å². The van der Waals surface area contributed by atoms with Crippen LogP contribution in [0.2, 0.25) is 5.02 Å². The first-order valence-electron chi connectivity index (χ1n) is 6.83. The van der Waals surface area contributed by atoms with Crippen molar-refractivity contribution in [1.82, 2.24) is 0 Å². The largest absolute Gasteiger partial charge is 0.380 e. The van der Waals surface area contributed by atoms with Gasteiger partial charge in [0.1, 0.15) is 0 Å². The number of rotatable bonds is 6. The van der Waals surface area contributed by atoms with Gasteiger partial charge in [-0.3, -0.25) is 0 Å². The highest BCUT2D eigenvalue weighted by molar-refractivity contribution is 7.91. The fourth-order valence-corrected chi connectivity index (χ4v) is 3.71. The lowest BCUT2D eigenvalue weighted by Crippen LogP contribution is -2.10. The Morgan fingerprint density at radius 1 is 1.05 bits per heavy atom. The third-order valence-corrected chi connectivity index (χ3v) is 5.31. The van der Waals surface area contributed by atoms with Crippen LogP contribution in [0.15, 0.2) is 53.4 Å². The molecule has 0 atom stereocenters. The molecule has 0 aliphatic carbocycles. The molecule has 0 fully saturated rings. The number of benzene rings is 2. The number of hydrogen-bond donors (Lipinski definition) is 1. The molecule has 0 aliphatic heterocycles. The van der Waals surface area contributed by atoms with Gasteiger partial charge >= 0.3 is 0 Å². The first-order chi connectivity index (χ1) is 10.0. The second-order valence-corrected chi connectivity index (χ2v) is 7.31. The summed E-state index contributed by atoms with van der Waals surface area (Å²) in [6, 6.07) is 14.5. The quantitative estimate of drug-likeness (QED) is 0.869. The predicted molar refractivity (Wildman–Crippen MR) is 87.6 cm³/mol. The van der Waals surface area contributed by atoms with E-state index in [9.17, 15) is 8.42 Å². The summed E-state index contributed by atoms with van der Waals surface area (Å²) in [6.45, 7) is 2.41. The molecule has 0 bridgehead atoms. The topological polar surface area (TPSA) is 46.2 Å². The minimum Gasteiger partial charge on any atom is -0.380 e. The van der Waals surface area contributed by atoms with E-state index >= 15 is 0 Å². The molecule has 0 aromatic heterocycles. The summed E-state index contributed by atoms with van der Waals surface area (Å²) in [5, 5.41) is 3.88. The Bertz CT molecular complexity index is 696. The van der Waals surface area contributed by atoms with Crippen molar-refractivity contribution in [2.45, 2.75) is 24.8 Å². The van der Waals surface area contributed by atoms with Crippen LogP contribution in [0, 0.1) is 0 Å². The number of sulfone groups is 1. The smallest absolute Gasteiger partial charge is 0.180 e. The van der Waals surface area contributed by atoms with Crippen LogP contribution in [0.4, 0.5) is 5.69 Å². The van der Waals surface area contributed by atoms with Crippen molar-refractivity contribution in [2.24, 2.45) is 0 Å². The molecule has 0 aliphatic rings. The van der Waals surface area contributed by atoms with Crippen molar-refractivity contribution in [3.8, 4) is 0 Å². The van der Waals surface area contributed by atoms with Crippen LogP contribution in [-0.4, -0.2) is 14.2 Å². The standard InChI is InChI=1S/C16H18ClNO2S/c1-2-11-21(19,20)16-6-4-3-5-15(16)18-12-13-7-9-14(17)10-8-13/h3-10,18H,2,11-12H2,1H3. The molecule has 0 spiro atoms. The number of halogens is 1. The molecule has 2 rings (SSSR count). The molecule has 3 nitrogen and oxygen atoms in total. The minimum absolute atomic E-state index is 0.159. The predicted octanol–water partition coefficient (Wildman–Crippen LogP) is 4.14. The van der Waals surface area contributed by atoms with Gasteiger partial charge in [0.15, 0.2) is 9.84 Å². The highest BCUT2D eigenvalue weighted by Crippen LogP contribution is 2.23. The normalized spacial score (nSPS) is 11.3. The summed E-state index contributed by atoms with van der Waals surface area (Å²) in [6.07, 6.45) is 0.605. The van der Waals surface area contributed by atoms with Crippen LogP contribution in [-0.2, 0) is 16.4 Å². The highest BCUT2D eigenvalue weighted by Gasteiger charge is 2.16. The number of hydrogen-bond acceptors (Lipinski definition) is 3. The molecular weight excluding hydrogens is 306 g/mol. The van der Waals surface area contributed by atoms with Gasteiger partial charge in [0.2, 0.25) is 0 Å². The SMILES string of the molecule is CCCS(=O)(=O)c1ccccc1NCc1ccc(Cl)cc1. The minimum atomic E-state index is -3.24. The van der Waals surface area contributed by atoms with Crippen LogP contribution < -0.4 is 5.32 Å². The molecular formula is C16H18ClNO2S. The lowest BCUT2D eigenvalue weighted by atomic mass is 10.2. The average Bonchev–Trinajstić information content (AvgIpc) is 2.47. The Labute approximate surface area is 130 Å². The van der Waals surface area contributed by atoms with Gasteiger partial charge in [-0.2, -0.15) is 0 Å². The van der Waals surface area contributed by atoms with Gasteiger partial charge in [0, 0.05) is 11.6 Å². The summed E-state index contributed by atoms with van der Waals surface area (Å²) in [5.41, 5.74) is 1.68. The fourth-order valence-electron chi connectivity index (χ4n) is 2.06. The second-order valence-electron chi connectivity index (χ2n) is 4.80. The van der Waals surface area contributed by atoms with E-state index < -0.39 is 9.84 Å². The Morgan fingerprint density at radius 2 is 1.71 bits per heavy atom. The van der Waals surface area contributed by atoms with Crippen molar-refractivity contribution < 1.29 is 8.42 Å². The van der Waals surface area contributed by atoms with E-state index in [4.69, 9.17) is 11.6 Å². The summed E-state index contributed by atoms with van der Waals surface area (Å²) in [7, 11) is -3.24. The Kier molecular flexibility index (Phi) is 5.26. The maximum atomic E-state index is 12.3. The van der Waals surface area contributed by atoms with Gasteiger partial charge < -0.3 is 5.32 Å². The molecule has 2 aromatic rings. The van der Waals surface area contributed by atoms with E-state index in [0.29, 0.717) is 28.6 Å². The first-order valence-corrected chi connectivity index (χ1v) is 8.86. The van der Waals surface area contributed by atoms with E-state index in [1.807, 2.05) is 37.3 Å². The lowest BCUT2D eigenvalue weighted by molar-refractivity contribution is 0.595. The molecule has 1 N–H and O–H groups in total. The van der Waals surface area contributed by atoms with Crippen molar-refractivity contribution in [3.05, 3.63) is 59.1 Å². The van der Waals surface area contributed by atoms with Gasteiger partial charge in [0.25, 0.3) is 0 Å². The van der Waals surface area contributed by atoms with E-state index in [1.54, 1.807) is 18.2 Å². The maximum Gasteiger partial charge on any atom is 0.180 e. The zero-order valence-electron chi connectivity index (χ0n) is 11.8. The van der Waals surface area contributed by atoms with Crippen LogP contribution in [0.25, 0.3) is 0 Å². The molecule has 112 valence electrons. The molecule has 0 radical (unpaired) electrons. The highest BCUT2D eigenvalue weighted by atomic mass is 35.5. The Morgan fingerprint density at radius 3 is 2.38 bits per heavy atom. The molecule has 2 aromatic carbocycles. The Hall–Kier alpha value is -1.52. The van der Waals surface area contributed by atoms with E-state index in [1.165, 1.54) is 0 Å². The number of anilines is 1. The van der Waals surface area contributed by atoms with Crippen molar-refractivity contribution in [1.29, 1.82) is 0 Å². The molecule has 0 amide bonds. The van der Waals surface area contributed by atoms with Gasteiger partial charge in [0.05, 0.1) is 16.3 Å². The van der Waals surface area contributed by atoms with Crippen LogP contribution in [0.3, 0.4) is 0 Å². The first kappa shape index (κ1) is 15.9. The monoisotopic (exact) mass is 323 g/mol. The van der Waals surface area contributed by atoms with E-state index in [-0.39, 0.29) is 5.75 Å². The summed E-state index contributed by atoms with van der Waals surface area (Å²) >= 11 is 5.85. The molecule has 0 unspecified atom stereocenters. The molecule has 5 heteroatoms. The van der Waals surface area contributed by atoms with Crippen LogP contribution in [0.5, 0.6) is 0 Å². The molecule has 21 heavy (non-hydrogen) atoms. The third-order valence-electron chi connectivity index (χ3n) is 3.09. The summed E-state index contributed by atoms with van der Waals surface area (Å²) in [5.74, 6) is 0.159. The van der Waals surface area contributed by atoms with Crippen molar-refractivity contribution >= 4 is 27.1 Å². The van der Waals surface area contributed by atoms with Gasteiger partial charge in [-0.25, -0.2) is 8.42 Å². The number of para-hydroxylation sites is 1. The van der Waals surface area contributed by atoms with E-state index in [2.05, 4.69) is 5.32 Å². The fraction of sp³-hybridized carbons (Fsp3) is 0.250.